The van der Waals surface area contributed by atoms with Crippen LogP contribution in [0.15, 0.2) is 0 Å². The fraction of sp³-hybridized carbons (Fsp3) is 0.871. The maximum absolute atomic E-state index is 13.5. The molecular formula is C31H53N3O12. The first-order valence-corrected chi connectivity index (χ1v) is 16.6. The number of nitrogens with zero attached hydrogens (tertiary/aromatic N) is 1. The number of carbonyl (C=O) groups is 4. The van der Waals surface area contributed by atoms with Crippen LogP contribution < -0.4 is 10.6 Å². The van der Waals surface area contributed by atoms with Gasteiger partial charge < -0.3 is 48.9 Å². The van der Waals surface area contributed by atoms with Crippen LogP contribution >= 0.6 is 0 Å². The SMILES string of the molecule is COCCOCCOCCOC(=O)NC1COC(=O)CCCC(CN2CCOCC2)OC(=O)[C@H](O)C(CC2CCCCC2)NC1=O. The van der Waals surface area contributed by atoms with Crippen LogP contribution in [0.25, 0.3) is 0 Å². The summed E-state index contributed by atoms with van der Waals surface area (Å²) in [5.41, 5.74) is 0. The highest BCUT2D eigenvalue weighted by molar-refractivity contribution is 5.87. The van der Waals surface area contributed by atoms with Crippen molar-refractivity contribution in [3.05, 3.63) is 0 Å². The first-order valence-electron chi connectivity index (χ1n) is 16.6. The van der Waals surface area contributed by atoms with E-state index in [0.717, 1.165) is 32.1 Å². The van der Waals surface area contributed by atoms with E-state index in [0.29, 0.717) is 78.5 Å². The monoisotopic (exact) mass is 659 g/mol. The van der Waals surface area contributed by atoms with Crippen molar-refractivity contribution in [2.75, 3.05) is 86.2 Å². The van der Waals surface area contributed by atoms with E-state index >= 15 is 0 Å². The molecule has 15 heteroatoms. The molecule has 1 saturated carbocycles. The van der Waals surface area contributed by atoms with Crippen molar-refractivity contribution in [3.8, 4) is 0 Å². The summed E-state index contributed by atoms with van der Waals surface area (Å²) in [7, 11) is 1.58. The Labute approximate surface area is 271 Å². The number of amides is 2. The van der Waals surface area contributed by atoms with Gasteiger partial charge in [-0.15, -0.1) is 0 Å². The topological polar surface area (TPSA) is 180 Å². The van der Waals surface area contributed by atoms with Gasteiger partial charge in [0, 0.05) is 33.2 Å². The number of rotatable bonds is 14. The summed E-state index contributed by atoms with van der Waals surface area (Å²) >= 11 is 0. The Bertz CT molecular complexity index is 913. The lowest BCUT2D eigenvalue weighted by molar-refractivity contribution is -0.163. The van der Waals surface area contributed by atoms with Crippen molar-refractivity contribution in [3.63, 3.8) is 0 Å². The second-order valence-electron chi connectivity index (χ2n) is 11.9. The largest absolute Gasteiger partial charge is 0.463 e. The zero-order valence-electron chi connectivity index (χ0n) is 27.1. The Morgan fingerprint density at radius 1 is 0.957 bits per heavy atom. The summed E-state index contributed by atoms with van der Waals surface area (Å²) in [5, 5.41) is 16.4. The van der Waals surface area contributed by atoms with Gasteiger partial charge >= 0.3 is 18.0 Å². The third-order valence-corrected chi connectivity index (χ3v) is 8.30. The average Bonchev–Trinajstić information content (AvgIpc) is 3.05. The number of methoxy groups -OCH3 is 1. The van der Waals surface area contributed by atoms with Crippen molar-refractivity contribution < 1.29 is 57.4 Å². The van der Waals surface area contributed by atoms with E-state index in [1.54, 1.807) is 7.11 Å². The highest BCUT2D eigenvalue weighted by Gasteiger charge is 2.36. The lowest BCUT2D eigenvalue weighted by Gasteiger charge is -2.33. The van der Waals surface area contributed by atoms with Crippen molar-refractivity contribution >= 4 is 23.9 Å². The molecule has 0 aromatic carbocycles. The van der Waals surface area contributed by atoms with Gasteiger partial charge in [0.1, 0.15) is 25.4 Å². The van der Waals surface area contributed by atoms with Crippen molar-refractivity contribution in [2.45, 2.75) is 82.1 Å². The third kappa shape index (κ3) is 14.9. The van der Waals surface area contributed by atoms with Crippen LogP contribution in [0.3, 0.4) is 0 Å². The van der Waals surface area contributed by atoms with Gasteiger partial charge in [-0.2, -0.15) is 0 Å². The molecule has 46 heavy (non-hydrogen) atoms. The maximum atomic E-state index is 13.5. The standard InChI is InChI=1S/C31H53N3O12/c1-40-14-15-42-16-17-43-18-19-44-31(39)33-26-22-45-27(35)9-5-8-24(21-34-10-12-41-13-11-34)46-30(38)28(36)25(32-29(26)37)20-23-6-3-2-4-7-23/h23-26,28,36H,2-22H2,1H3,(H,32,37)(H,33,39)/t24?,25?,26?,28-/m1/s1. The van der Waals surface area contributed by atoms with Gasteiger partial charge in [-0.3, -0.25) is 14.5 Å². The first-order chi connectivity index (χ1) is 22.4. The molecule has 2 amide bonds. The Balaban J connectivity index is 1.62. The molecule has 0 bridgehead atoms. The molecule has 3 unspecified atom stereocenters. The third-order valence-electron chi connectivity index (χ3n) is 8.30. The van der Waals surface area contributed by atoms with E-state index in [2.05, 4.69) is 15.5 Å². The maximum Gasteiger partial charge on any atom is 0.407 e. The van der Waals surface area contributed by atoms with Crippen LogP contribution in [-0.4, -0.2) is 144 Å². The van der Waals surface area contributed by atoms with Gasteiger partial charge in [0.15, 0.2) is 6.10 Å². The zero-order valence-corrected chi connectivity index (χ0v) is 27.1. The molecule has 3 rings (SSSR count). The summed E-state index contributed by atoms with van der Waals surface area (Å²) < 4.78 is 37.3. The fourth-order valence-electron chi connectivity index (χ4n) is 5.74. The van der Waals surface area contributed by atoms with E-state index in [9.17, 15) is 24.3 Å². The van der Waals surface area contributed by atoms with Gasteiger partial charge in [0.2, 0.25) is 5.91 Å². The van der Waals surface area contributed by atoms with Crippen LogP contribution in [-0.2, 0) is 47.5 Å². The van der Waals surface area contributed by atoms with E-state index in [1.165, 1.54) is 0 Å². The molecule has 1 aliphatic carbocycles. The molecular weight excluding hydrogens is 606 g/mol. The molecule has 15 nitrogen and oxygen atoms in total. The molecule has 2 aliphatic heterocycles. The van der Waals surface area contributed by atoms with Crippen molar-refractivity contribution in [1.29, 1.82) is 0 Å². The van der Waals surface area contributed by atoms with Gasteiger partial charge in [-0.05, 0) is 25.2 Å². The summed E-state index contributed by atoms with van der Waals surface area (Å²) in [6.45, 7) is 4.14. The van der Waals surface area contributed by atoms with Crippen LogP contribution in [0, 0.1) is 5.92 Å². The van der Waals surface area contributed by atoms with Crippen molar-refractivity contribution in [1.82, 2.24) is 15.5 Å². The van der Waals surface area contributed by atoms with Crippen molar-refractivity contribution in [2.24, 2.45) is 5.92 Å². The molecule has 2 heterocycles. The molecule has 0 radical (unpaired) electrons. The predicted octanol–water partition coefficient (Wildman–Crippen LogP) is 0.548. The molecule has 4 atom stereocenters. The number of hydrogen-bond donors (Lipinski definition) is 3. The molecule has 264 valence electrons. The number of carbonyl (C=O) groups excluding carboxylic acids is 4. The number of hydrogen-bond acceptors (Lipinski definition) is 13. The number of ether oxygens (including phenoxy) is 7. The first kappa shape index (κ1) is 37.9. The minimum absolute atomic E-state index is 0.0231. The molecule has 0 spiro atoms. The summed E-state index contributed by atoms with van der Waals surface area (Å²) in [5.74, 6) is -1.90. The van der Waals surface area contributed by atoms with E-state index in [-0.39, 0.29) is 25.6 Å². The second-order valence-corrected chi connectivity index (χ2v) is 11.9. The number of aliphatic hydroxyl groups excluding tert-OH is 1. The minimum atomic E-state index is -1.62. The van der Waals surface area contributed by atoms with E-state index < -0.39 is 54.8 Å². The smallest absolute Gasteiger partial charge is 0.407 e. The number of esters is 2. The van der Waals surface area contributed by atoms with E-state index in [1.807, 2.05) is 0 Å². The predicted molar refractivity (Wildman–Crippen MR) is 163 cm³/mol. The number of aliphatic hydroxyl groups is 1. The minimum Gasteiger partial charge on any atom is -0.463 e. The Hall–Kier alpha value is -2.56. The Morgan fingerprint density at radius 3 is 2.37 bits per heavy atom. The molecule has 0 aromatic rings. The zero-order chi connectivity index (χ0) is 33.0. The van der Waals surface area contributed by atoms with Crippen LogP contribution in [0.1, 0.15) is 57.8 Å². The highest BCUT2D eigenvalue weighted by atomic mass is 16.6. The van der Waals surface area contributed by atoms with Crippen LogP contribution in [0.5, 0.6) is 0 Å². The molecule has 3 aliphatic rings. The Kier molecular flexibility index (Phi) is 18.2. The summed E-state index contributed by atoms with van der Waals surface area (Å²) in [6.07, 6.45) is 3.07. The van der Waals surface area contributed by atoms with Crippen LogP contribution in [0.4, 0.5) is 4.79 Å². The van der Waals surface area contributed by atoms with Crippen LogP contribution in [0.2, 0.25) is 0 Å². The van der Waals surface area contributed by atoms with Gasteiger partial charge in [-0.25, -0.2) is 9.59 Å². The lowest BCUT2D eigenvalue weighted by atomic mass is 9.83. The van der Waals surface area contributed by atoms with Gasteiger partial charge in [0.25, 0.3) is 0 Å². The molecule has 3 fully saturated rings. The highest BCUT2D eigenvalue weighted by Crippen LogP contribution is 2.28. The number of morpholine rings is 1. The summed E-state index contributed by atoms with van der Waals surface area (Å²) in [6, 6.07) is -2.29. The molecule has 0 aromatic heterocycles. The normalized spacial score (nSPS) is 26.3. The summed E-state index contributed by atoms with van der Waals surface area (Å²) in [4.78, 5) is 54.0. The molecule has 2 saturated heterocycles. The van der Waals surface area contributed by atoms with E-state index in [4.69, 9.17) is 33.2 Å². The van der Waals surface area contributed by atoms with Gasteiger partial charge in [-0.1, -0.05) is 32.1 Å². The number of alkyl carbamates (subject to hydrolysis) is 1. The number of cyclic esters (lactones) is 2. The quantitative estimate of drug-likeness (QED) is 0.134. The lowest BCUT2D eigenvalue weighted by Crippen LogP contribution is -2.56. The molecule has 3 N–H and O–H groups in total. The van der Waals surface area contributed by atoms with Gasteiger partial charge in [0.05, 0.1) is 52.3 Å². The number of nitrogens with one attached hydrogen (secondary N) is 2. The Morgan fingerprint density at radius 2 is 1.65 bits per heavy atom. The second kappa shape index (κ2) is 22.1. The fourth-order valence-corrected chi connectivity index (χ4v) is 5.74. The average molecular weight is 660 g/mol.